The fourth-order valence-corrected chi connectivity index (χ4v) is 8.23. The van der Waals surface area contributed by atoms with Crippen LogP contribution in [-0.4, -0.2) is 6.10 Å². The maximum Gasteiger partial charge on any atom is 0.128 e. The van der Waals surface area contributed by atoms with Crippen LogP contribution in [0.25, 0.3) is 43.8 Å². The summed E-state index contributed by atoms with van der Waals surface area (Å²) >= 11 is 0. The summed E-state index contributed by atoms with van der Waals surface area (Å²) < 4.78 is 6.90. The third-order valence-corrected chi connectivity index (χ3v) is 10.1. The Morgan fingerprint density at radius 2 is 1.21 bits per heavy atom. The van der Waals surface area contributed by atoms with Crippen molar-refractivity contribution in [3.8, 4) is 11.1 Å². The molecule has 1 aliphatic heterocycles. The summed E-state index contributed by atoms with van der Waals surface area (Å²) in [4.78, 5) is 0. The van der Waals surface area contributed by atoms with Crippen LogP contribution >= 0.6 is 0 Å². The summed E-state index contributed by atoms with van der Waals surface area (Å²) in [5.74, 6) is 1.90. The number of benzene rings is 4. The van der Waals surface area contributed by atoms with Crippen LogP contribution in [0.4, 0.5) is 0 Å². The second-order valence-corrected chi connectivity index (χ2v) is 12.5. The molecule has 1 saturated heterocycles. The number of fused-ring (bicyclic) bond motifs is 6. The Labute approximate surface area is 253 Å². The predicted octanol–water partition coefficient (Wildman–Crippen LogP) is 10.8. The van der Waals surface area contributed by atoms with E-state index in [1.54, 1.807) is 0 Å². The number of ether oxygens (including phenoxy) is 1. The Hall–Kier alpha value is -4.62. The Morgan fingerprint density at radius 1 is 0.581 bits per heavy atom. The lowest BCUT2D eigenvalue weighted by molar-refractivity contribution is 0.184. The first-order valence-electron chi connectivity index (χ1n) is 15.9. The molecule has 4 aromatic rings. The van der Waals surface area contributed by atoms with Gasteiger partial charge in [-0.2, -0.15) is 0 Å². The lowest BCUT2D eigenvalue weighted by Crippen LogP contribution is -2.20. The van der Waals surface area contributed by atoms with Gasteiger partial charge in [0.1, 0.15) is 11.9 Å². The van der Waals surface area contributed by atoms with Gasteiger partial charge in [-0.15, -0.1) is 0 Å². The molecule has 9 rings (SSSR count). The van der Waals surface area contributed by atoms with Crippen molar-refractivity contribution in [2.45, 2.75) is 31.8 Å². The van der Waals surface area contributed by atoms with Gasteiger partial charge in [0.25, 0.3) is 0 Å². The lowest BCUT2D eigenvalue weighted by atomic mass is 9.70. The molecular formula is C42H34O. The van der Waals surface area contributed by atoms with Crippen molar-refractivity contribution < 1.29 is 4.74 Å². The van der Waals surface area contributed by atoms with Gasteiger partial charge < -0.3 is 4.74 Å². The molecule has 4 aromatic carbocycles. The van der Waals surface area contributed by atoms with Crippen LogP contribution < -0.4 is 0 Å². The van der Waals surface area contributed by atoms with E-state index in [4.69, 9.17) is 4.74 Å². The molecule has 1 heteroatoms. The third-order valence-electron chi connectivity index (χ3n) is 10.1. The smallest absolute Gasteiger partial charge is 0.128 e. The molecule has 0 amide bonds. The number of rotatable bonds is 3. The molecule has 43 heavy (non-hydrogen) atoms. The van der Waals surface area contributed by atoms with Crippen LogP contribution in [0.2, 0.25) is 0 Å². The molecule has 4 unspecified atom stereocenters. The van der Waals surface area contributed by atoms with Crippen LogP contribution in [0, 0.1) is 17.8 Å². The highest BCUT2D eigenvalue weighted by Crippen LogP contribution is 2.54. The molecule has 0 N–H and O–H groups in total. The molecule has 0 saturated carbocycles. The Bertz CT molecular complexity index is 1970. The van der Waals surface area contributed by atoms with Gasteiger partial charge in [0.05, 0.1) is 0 Å². The Morgan fingerprint density at radius 3 is 1.93 bits per heavy atom. The van der Waals surface area contributed by atoms with Crippen LogP contribution in [0.5, 0.6) is 0 Å². The van der Waals surface area contributed by atoms with Crippen molar-refractivity contribution in [1.82, 2.24) is 0 Å². The van der Waals surface area contributed by atoms with E-state index in [9.17, 15) is 0 Å². The van der Waals surface area contributed by atoms with Crippen molar-refractivity contribution in [3.63, 3.8) is 0 Å². The molecule has 0 aromatic heterocycles. The molecule has 4 aliphatic carbocycles. The second-order valence-electron chi connectivity index (χ2n) is 12.5. The van der Waals surface area contributed by atoms with Crippen molar-refractivity contribution in [1.29, 1.82) is 0 Å². The van der Waals surface area contributed by atoms with Crippen LogP contribution in [0.15, 0.2) is 145 Å². The summed E-state index contributed by atoms with van der Waals surface area (Å²) in [6.45, 7) is 0. The van der Waals surface area contributed by atoms with Crippen LogP contribution in [0.3, 0.4) is 0 Å². The van der Waals surface area contributed by atoms with E-state index in [1.807, 2.05) is 0 Å². The van der Waals surface area contributed by atoms with Gasteiger partial charge in [0, 0.05) is 28.9 Å². The zero-order valence-electron chi connectivity index (χ0n) is 24.2. The maximum absolute atomic E-state index is 6.90. The van der Waals surface area contributed by atoms with Gasteiger partial charge >= 0.3 is 0 Å². The molecule has 1 nitrogen and oxygen atoms in total. The monoisotopic (exact) mass is 554 g/mol. The summed E-state index contributed by atoms with van der Waals surface area (Å²) in [5.41, 5.74) is 9.57. The van der Waals surface area contributed by atoms with Gasteiger partial charge in [-0.25, -0.2) is 0 Å². The topological polar surface area (TPSA) is 9.23 Å². The van der Waals surface area contributed by atoms with E-state index in [-0.39, 0.29) is 17.9 Å². The van der Waals surface area contributed by atoms with E-state index >= 15 is 0 Å². The van der Waals surface area contributed by atoms with Crippen molar-refractivity contribution in [3.05, 3.63) is 156 Å². The first-order chi connectivity index (χ1) is 21.4. The Balaban J connectivity index is 1.37. The molecule has 4 atom stereocenters. The minimum atomic E-state index is 0.0572. The number of hydrogen-bond acceptors (Lipinski definition) is 1. The van der Waals surface area contributed by atoms with E-state index in [1.165, 1.54) is 79.8 Å². The normalized spacial score (nSPS) is 25.3. The van der Waals surface area contributed by atoms with E-state index in [0.717, 1.165) is 12.2 Å². The third kappa shape index (κ3) is 3.84. The minimum absolute atomic E-state index is 0.0572. The van der Waals surface area contributed by atoms with Crippen LogP contribution in [-0.2, 0) is 4.74 Å². The SMILES string of the molecule is C1=CC2C=C3C(=C(c4c5ccccc5c(-c5ccccc5C5=CCCCC5)c5ccccc45)C2C=C1)OC1C=CC=CC31. The van der Waals surface area contributed by atoms with Crippen LogP contribution in [0.1, 0.15) is 36.8 Å². The lowest BCUT2D eigenvalue weighted by Gasteiger charge is -2.32. The molecular weight excluding hydrogens is 520 g/mol. The number of allylic oxidation sites excluding steroid dienone is 11. The van der Waals surface area contributed by atoms with Gasteiger partial charge in [-0.3, -0.25) is 0 Å². The first kappa shape index (κ1) is 24.9. The largest absolute Gasteiger partial charge is 0.485 e. The average Bonchev–Trinajstić information content (AvgIpc) is 3.45. The molecule has 1 fully saturated rings. The summed E-state index contributed by atoms with van der Waals surface area (Å²) in [5, 5.41) is 5.23. The van der Waals surface area contributed by atoms with E-state index < -0.39 is 0 Å². The molecule has 1 heterocycles. The highest BCUT2D eigenvalue weighted by molar-refractivity contribution is 6.20. The Kier molecular flexibility index (Phi) is 5.79. The first-order valence-corrected chi connectivity index (χ1v) is 15.9. The summed E-state index contributed by atoms with van der Waals surface area (Å²) in [6.07, 6.45) is 27.9. The van der Waals surface area contributed by atoms with Crippen molar-refractivity contribution in [2.24, 2.45) is 17.8 Å². The molecule has 5 aliphatic rings. The molecule has 0 bridgehead atoms. The van der Waals surface area contributed by atoms with Gasteiger partial charge in [-0.05, 0) is 81.1 Å². The highest BCUT2D eigenvalue weighted by atomic mass is 16.5. The fourth-order valence-electron chi connectivity index (χ4n) is 8.23. The summed E-state index contributed by atoms with van der Waals surface area (Å²) in [7, 11) is 0. The van der Waals surface area contributed by atoms with Gasteiger partial charge in [-0.1, -0.05) is 127 Å². The van der Waals surface area contributed by atoms with Gasteiger partial charge in [0.2, 0.25) is 0 Å². The van der Waals surface area contributed by atoms with Crippen molar-refractivity contribution >= 4 is 32.7 Å². The zero-order chi connectivity index (χ0) is 28.3. The quantitative estimate of drug-likeness (QED) is 0.229. The predicted molar refractivity (Wildman–Crippen MR) is 180 cm³/mol. The highest BCUT2D eigenvalue weighted by Gasteiger charge is 2.43. The van der Waals surface area contributed by atoms with E-state index in [2.05, 4.69) is 134 Å². The van der Waals surface area contributed by atoms with Gasteiger partial charge in [0.15, 0.2) is 0 Å². The fraction of sp³-hybridized carbons (Fsp3) is 0.190. The maximum atomic E-state index is 6.90. The van der Waals surface area contributed by atoms with E-state index in [0.29, 0.717) is 5.92 Å². The summed E-state index contributed by atoms with van der Waals surface area (Å²) in [6, 6.07) is 27.3. The molecule has 0 spiro atoms. The molecule has 0 radical (unpaired) electrons. The minimum Gasteiger partial charge on any atom is -0.485 e. The standard InChI is InChI=1S/C42H34O/c1-2-14-27(15-3-1)29-17-6-7-20-32(29)39-33-21-8-10-23-35(33)40(36-24-11-9-22-34(36)39)41-30-18-5-4-16-28(30)26-37-31-19-12-13-25-38(31)43-42(37)41/h4-14,16-26,28,30-31,38H,1-3,15H2. The number of hydrogen-bond donors (Lipinski definition) is 0. The average molecular weight is 555 g/mol. The molecule has 208 valence electrons. The van der Waals surface area contributed by atoms with Crippen molar-refractivity contribution in [2.75, 3.05) is 0 Å². The second kappa shape index (κ2) is 9.99. The zero-order valence-corrected chi connectivity index (χ0v) is 24.2.